The number of hydrogen-bond donors (Lipinski definition) is 2. The van der Waals surface area contributed by atoms with Crippen LogP contribution in [-0.4, -0.2) is 25.2 Å². The van der Waals surface area contributed by atoms with E-state index in [1.165, 1.54) is 32.2 Å². The molecule has 1 aliphatic carbocycles. The standard InChI is InChI=1S/C12H26N2/c1-4-6-11-9-12(11)14-8-7-10(3)13-5-2/h10-14H,4-9H2,1-3H3. The quantitative estimate of drug-likeness (QED) is 0.624. The SMILES string of the molecule is CCCC1CC1NCCC(C)NCC. The van der Waals surface area contributed by atoms with Gasteiger partial charge < -0.3 is 10.6 Å². The molecule has 0 heterocycles. The molecule has 0 radical (unpaired) electrons. The Morgan fingerprint density at radius 1 is 1.36 bits per heavy atom. The van der Waals surface area contributed by atoms with Crippen LogP contribution < -0.4 is 10.6 Å². The van der Waals surface area contributed by atoms with E-state index in [1.807, 2.05) is 0 Å². The van der Waals surface area contributed by atoms with Crippen LogP contribution >= 0.6 is 0 Å². The van der Waals surface area contributed by atoms with Crippen molar-refractivity contribution >= 4 is 0 Å². The van der Waals surface area contributed by atoms with E-state index in [9.17, 15) is 0 Å². The van der Waals surface area contributed by atoms with Crippen molar-refractivity contribution in [2.24, 2.45) is 5.92 Å². The van der Waals surface area contributed by atoms with Gasteiger partial charge in [-0.2, -0.15) is 0 Å². The molecule has 3 atom stereocenters. The molecular formula is C12H26N2. The molecule has 0 bridgehead atoms. The summed E-state index contributed by atoms with van der Waals surface area (Å²) in [5.41, 5.74) is 0. The molecule has 0 amide bonds. The molecule has 14 heavy (non-hydrogen) atoms. The number of hydrogen-bond acceptors (Lipinski definition) is 2. The fourth-order valence-electron chi connectivity index (χ4n) is 2.12. The van der Waals surface area contributed by atoms with Crippen molar-refractivity contribution in [3.05, 3.63) is 0 Å². The lowest BCUT2D eigenvalue weighted by atomic mass is 10.2. The van der Waals surface area contributed by atoms with E-state index in [4.69, 9.17) is 0 Å². The highest BCUT2D eigenvalue weighted by Crippen LogP contribution is 2.34. The minimum atomic E-state index is 0.663. The van der Waals surface area contributed by atoms with Crippen LogP contribution in [0.25, 0.3) is 0 Å². The average molecular weight is 198 g/mol. The highest BCUT2D eigenvalue weighted by Gasteiger charge is 2.34. The van der Waals surface area contributed by atoms with Gasteiger partial charge in [0.1, 0.15) is 0 Å². The largest absolute Gasteiger partial charge is 0.314 e. The van der Waals surface area contributed by atoms with Crippen molar-refractivity contribution < 1.29 is 0 Å². The predicted octanol–water partition coefficient (Wildman–Crippen LogP) is 2.15. The summed E-state index contributed by atoms with van der Waals surface area (Å²) in [4.78, 5) is 0. The molecular weight excluding hydrogens is 172 g/mol. The second-order valence-electron chi connectivity index (χ2n) is 4.59. The van der Waals surface area contributed by atoms with E-state index in [-0.39, 0.29) is 0 Å². The van der Waals surface area contributed by atoms with Gasteiger partial charge in [0, 0.05) is 12.1 Å². The summed E-state index contributed by atoms with van der Waals surface area (Å²) < 4.78 is 0. The second kappa shape index (κ2) is 6.41. The molecule has 1 saturated carbocycles. The van der Waals surface area contributed by atoms with Crippen molar-refractivity contribution in [2.75, 3.05) is 13.1 Å². The van der Waals surface area contributed by atoms with Crippen LogP contribution in [0, 0.1) is 5.92 Å². The molecule has 0 aromatic heterocycles. The third kappa shape index (κ3) is 4.43. The zero-order valence-corrected chi connectivity index (χ0v) is 9.97. The second-order valence-corrected chi connectivity index (χ2v) is 4.59. The van der Waals surface area contributed by atoms with Gasteiger partial charge in [0.05, 0.1) is 0 Å². The Kier molecular flexibility index (Phi) is 5.49. The molecule has 1 rings (SSSR count). The molecule has 2 nitrogen and oxygen atoms in total. The van der Waals surface area contributed by atoms with E-state index in [1.54, 1.807) is 0 Å². The third-order valence-electron chi connectivity index (χ3n) is 3.12. The van der Waals surface area contributed by atoms with Gasteiger partial charge in [-0.3, -0.25) is 0 Å². The van der Waals surface area contributed by atoms with Gasteiger partial charge in [-0.1, -0.05) is 20.3 Å². The van der Waals surface area contributed by atoms with E-state index in [0.717, 1.165) is 18.5 Å². The van der Waals surface area contributed by atoms with Gasteiger partial charge in [-0.05, 0) is 45.2 Å². The van der Waals surface area contributed by atoms with E-state index < -0.39 is 0 Å². The Hall–Kier alpha value is -0.0800. The molecule has 0 saturated heterocycles. The molecule has 0 spiro atoms. The first kappa shape index (κ1) is 12.0. The fraction of sp³-hybridized carbons (Fsp3) is 1.00. The Morgan fingerprint density at radius 3 is 2.79 bits per heavy atom. The van der Waals surface area contributed by atoms with Crippen molar-refractivity contribution in [2.45, 2.75) is 58.5 Å². The smallest absolute Gasteiger partial charge is 0.00991 e. The van der Waals surface area contributed by atoms with E-state index in [0.29, 0.717) is 6.04 Å². The highest BCUT2D eigenvalue weighted by molar-refractivity contribution is 4.92. The van der Waals surface area contributed by atoms with Crippen LogP contribution in [0.1, 0.15) is 46.5 Å². The molecule has 3 unspecified atom stereocenters. The third-order valence-corrected chi connectivity index (χ3v) is 3.12. The zero-order valence-electron chi connectivity index (χ0n) is 9.97. The first-order valence-electron chi connectivity index (χ1n) is 6.24. The predicted molar refractivity (Wildman–Crippen MR) is 62.6 cm³/mol. The summed E-state index contributed by atoms with van der Waals surface area (Å²) >= 11 is 0. The van der Waals surface area contributed by atoms with Gasteiger partial charge in [0.15, 0.2) is 0 Å². The topological polar surface area (TPSA) is 24.1 Å². The maximum Gasteiger partial charge on any atom is 0.00991 e. The lowest BCUT2D eigenvalue weighted by Gasteiger charge is -2.12. The number of rotatable bonds is 8. The zero-order chi connectivity index (χ0) is 10.4. The maximum absolute atomic E-state index is 3.64. The molecule has 1 aliphatic rings. The lowest BCUT2D eigenvalue weighted by molar-refractivity contribution is 0.494. The van der Waals surface area contributed by atoms with Crippen molar-refractivity contribution in [3.8, 4) is 0 Å². The van der Waals surface area contributed by atoms with Crippen LogP contribution in [0.3, 0.4) is 0 Å². The van der Waals surface area contributed by atoms with Crippen LogP contribution in [0.5, 0.6) is 0 Å². The first-order chi connectivity index (χ1) is 6.77. The van der Waals surface area contributed by atoms with Crippen LogP contribution in [0.15, 0.2) is 0 Å². The van der Waals surface area contributed by atoms with Gasteiger partial charge in [0.2, 0.25) is 0 Å². The minimum absolute atomic E-state index is 0.663. The van der Waals surface area contributed by atoms with Crippen molar-refractivity contribution in [1.82, 2.24) is 10.6 Å². The first-order valence-corrected chi connectivity index (χ1v) is 6.24. The van der Waals surface area contributed by atoms with Gasteiger partial charge in [-0.15, -0.1) is 0 Å². The van der Waals surface area contributed by atoms with Gasteiger partial charge in [-0.25, -0.2) is 0 Å². The van der Waals surface area contributed by atoms with Crippen LogP contribution in [0.2, 0.25) is 0 Å². The summed E-state index contributed by atoms with van der Waals surface area (Å²) in [5.74, 6) is 0.995. The van der Waals surface area contributed by atoms with E-state index in [2.05, 4.69) is 31.4 Å². The maximum atomic E-state index is 3.64. The Balaban J connectivity index is 1.90. The Bertz CT molecular complexity index is 147. The monoisotopic (exact) mass is 198 g/mol. The summed E-state index contributed by atoms with van der Waals surface area (Å²) in [7, 11) is 0. The summed E-state index contributed by atoms with van der Waals surface area (Å²) in [6, 6.07) is 1.51. The fourth-order valence-corrected chi connectivity index (χ4v) is 2.12. The molecule has 0 aromatic rings. The summed E-state index contributed by atoms with van der Waals surface area (Å²) in [5, 5.41) is 7.08. The van der Waals surface area contributed by atoms with E-state index >= 15 is 0 Å². The summed E-state index contributed by atoms with van der Waals surface area (Å²) in [6.07, 6.45) is 5.43. The average Bonchev–Trinajstić information content (AvgIpc) is 2.85. The molecule has 1 fully saturated rings. The van der Waals surface area contributed by atoms with Crippen molar-refractivity contribution in [3.63, 3.8) is 0 Å². The van der Waals surface area contributed by atoms with Gasteiger partial charge in [0.25, 0.3) is 0 Å². The molecule has 2 N–H and O–H groups in total. The van der Waals surface area contributed by atoms with Gasteiger partial charge >= 0.3 is 0 Å². The molecule has 0 aromatic carbocycles. The Labute approximate surface area is 88.8 Å². The molecule has 84 valence electrons. The highest BCUT2D eigenvalue weighted by atomic mass is 15.0. The summed E-state index contributed by atoms with van der Waals surface area (Å²) in [6.45, 7) is 8.98. The minimum Gasteiger partial charge on any atom is -0.314 e. The Morgan fingerprint density at radius 2 is 2.14 bits per heavy atom. The molecule has 2 heteroatoms. The van der Waals surface area contributed by atoms with Crippen LogP contribution in [0.4, 0.5) is 0 Å². The lowest BCUT2D eigenvalue weighted by Crippen LogP contribution is -2.30. The van der Waals surface area contributed by atoms with Crippen molar-refractivity contribution in [1.29, 1.82) is 0 Å². The molecule has 0 aliphatic heterocycles. The van der Waals surface area contributed by atoms with Crippen LogP contribution in [-0.2, 0) is 0 Å². The number of nitrogens with one attached hydrogen (secondary N) is 2. The normalized spacial score (nSPS) is 27.6.